The first kappa shape index (κ1) is 18.0. The van der Waals surface area contributed by atoms with Crippen molar-refractivity contribution in [3.8, 4) is 17.3 Å². The minimum absolute atomic E-state index is 0.0653. The lowest BCUT2D eigenvalue weighted by molar-refractivity contribution is -0.134. The number of aromatic nitrogens is 5. The zero-order chi connectivity index (χ0) is 19.5. The van der Waals surface area contributed by atoms with Gasteiger partial charge in [-0.3, -0.25) is 9.48 Å². The van der Waals surface area contributed by atoms with E-state index in [4.69, 9.17) is 5.11 Å². The Morgan fingerprint density at radius 1 is 1.43 bits per heavy atom. The van der Waals surface area contributed by atoms with Crippen LogP contribution in [0.3, 0.4) is 0 Å². The Morgan fingerprint density at radius 2 is 2.25 bits per heavy atom. The van der Waals surface area contributed by atoms with Crippen molar-refractivity contribution < 1.29 is 9.90 Å². The van der Waals surface area contributed by atoms with Crippen LogP contribution in [0.2, 0.25) is 0 Å². The monoisotopic (exact) mass is 379 g/mol. The average Bonchev–Trinajstić information content (AvgIpc) is 3.45. The molecule has 1 aliphatic rings. The molecule has 0 radical (unpaired) electrons. The molecular weight excluding hydrogens is 358 g/mol. The molecule has 3 aromatic heterocycles. The summed E-state index contributed by atoms with van der Waals surface area (Å²) in [6, 6.07) is 6.12. The molecule has 9 heteroatoms. The van der Waals surface area contributed by atoms with E-state index in [9.17, 15) is 10.1 Å². The molecular formula is C19H21N7O2. The summed E-state index contributed by atoms with van der Waals surface area (Å²) < 4.78 is 3.55. The van der Waals surface area contributed by atoms with Crippen LogP contribution in [0.15, 0.2) is 30.7 Å². The van der Waals surface area contributed by atoms with Gasteiger partial charge in [-0.25, -0.2) is 9.50 Å². The van der Waals surface area contributed by atoms with Crippen LogP contribution in [0.4, 0.5) is 5.95 Å². The Balaban J connectivity index is 1.69. The molecule has 28 heavy (non-hydrogen) atoms. The fourth-order valence-corrected chi connectivity index (χ4v) is 3.93. The van der Waals surface area contributed by atoms with E-state index in [-0.39, 0.29) is 18.5 Å². The molecule has 1 atom stereocenters. The number of carboxylic acids is 1. The molecule has 0 amide bonds. The number of nitrogens with one attached hydrogen (secondary N) is 1. The first-order valence-corrected chi connectivity index (χ1v) is 9.38. The fraction of sp³-hybridized carbons (Fsp3) is 0.421. The second-order valence-electron chi connectivity index (χ2n) is 7.05. The Hall–Kier alpha value is -3.41. The third-order valence-electron chi connectivity index (χ3n) is 5.25. The van der Waals surface area contributed by atoms with Crippen molar-refractivity contribution in [1.29, 1.82) is 5.26 Å². The molecule has 0 saturated heterocycles. The number of rotatable bonds is 7. The second-order valence-corrected chi connectivity index (χ2v) is 7.05. The van der Waals surface area contributed by atoms with Gasteiger partial charge in [-0.15, -0.1) is 5.10 Å². The van der Waals surface area contributed by atoms with Crippen LogP contribution in [0.25, 0.3) is 16.8 Å². The first-order chi connectivity index (χ1) is 13.7. The van der Waals surface area contributed by atoms with Crippen molar-refractivity contribution in [3.05, 3.63) is 30.7 Å². The molecule has 1 saturated carbocycles. The molecule has 4 rings (SSSR count). The normalized spacial score (nSPS) is 15.5. The van der Waals surface area contributed by atoms with Gasteiger partial charge in [0.1, 0.15) is 12.2 Å². The zero-order valence-electron chi connectivity index (χ0n) is 15.3. The average molecular weight is 379 g/mol. The Kier molecular flexibility index (Phi) is 4.93. The summed E-state index contributed by atoms with van der Waals surface area (Å²) in [5, 5.41) is 29.7. The molecule has 0 aliphatic heterocycles. The van der Waals surface area contributed by atoms with Crippen molar-refractivity contribution in [1.82, 2.24) is 24.4 Å². The Bertz CT molecular complexity index is 1030. The van der Waals surface area contributed by atoms with Crippen LogP contribution < -0.4 is 5.32 Å². The summed E-state index contributed by atoms with van der Waals surface area (Å²) in [6.07, 6.45) is 10.6. The van der Waals surface area contributed by atoms with Gasteiger partial charge in [0.05, 0.1) is 30.2 Å². The van der Waals surface area contributed by atoms with Crippen LogP contribution >= 0.6 is 0 Å². The standard InChI is InChI=1S/C19H21N7O2/c20-8-7-15(13-4-1-2-5-13)26-12-14(10-22-26)18-16-6-3-9-25(16)24-19(23-18)21-11-17(27)28/h3,6,9-10,12-13,15H,1-2,4-5,7,11H2,(H,21,24)(H,27,28). The Labute approximate surface area is 161 Å². The predicted molar refractivity (Wildman–Crippen MR) is 102 cm³/mol. The molecule has 0 aromatic carbocycles. The molecule has 9 nitrogen and oxygen atoms in total. The molecule has 0 bridgehead atoms. The largest absolute Gasteiger partial charge is 0.480 e. The van der Waals surface area contributed by atoms with Crippen LogP contribution in [0, 0.1) is 17.2 Å². The lowest BCUT2D eigenvalue weighted by Crippen LogP contribution is -2.17. The lowest BCUT2D eigenvalue weighted by atomic mass is 9.96. The number of aliphatic carboxylic acids is 1. The number of anilines is 1. The number of nitrogens with zero attached hydrogens (tertiary/aromatic N) is 6. The van der Waals surface area contributed by atoms with E-state index in [1.54, 1.807) is 16.9 Å². The third-order valence-corrected chi connectivity index (χ3v) is 5.25. The summed E-state index contributed by atoms with van der Waals surface area (Å²) in [5.74, 6) is -0.279. The van der Waals surface area contributed by atoms with E-state index >= 15 is 0 Å². The van der Waals surface area contributed by atoms with E-state index in [1.165, 1.54) is 12.8 Å². The number of carbonyl (C=O) groups is 1. The quantitative estimate of drug-likeness (QED) is 0.647. The zero-order valence-corrected chi connectivity index (χ0v) is 15.3. The molecule has 1 aliphatic carbocycles. The van der Waals surface area contributed by atoms with E-state index in [0.29, 0.717) is 18.0 Å². The van der Waals surface area contributed by atoms with Gasteiger partial charge in [-0.05, 0) is 30.9 Å². The van der Waals surface area contributed by atoms with Crippen molar-refractivity contribution in [2.45, 2.75) is 38.1 Å². The van der Waals surface area contributed by atoms with Gasteiger partial charge in [-0.2, -0.15) is 10.4 Å². The van der Waals surface area contributed by atoms with Gasteiger partial charge in [0.25, 0.3) is 0 Å². The first-order valence-electron chi connectivity index (χ1n) is 9.38. The minimum Gasteiger partial charge on any atom is -0.480 e. The SMILES string of the molecule is N#CCC(C1CCCC1)n1cc(-c2nc(NCC(=O)O)nn3cccc23)cn1. The summed E-state index contributed by atoms with van der Waals surface area (Å²) >= 11 is 0. The maximum absolute atomic E-state index is 10.8. The summed E-state index contributed by atoms with van der Waals surface area (Å²) in [7, 11) is 0. The van der Waals surface area contributed by atoms with Crippen molar-refractivity contribution >= 4 is 17.4 Å². The van der Waals surface area contributed by atoms with Crippen LogP contribution in [-0.4, -0.2) is 42.0 Å². The number of hydrogen-bond donors (Lipinski definition) is 2. The summed E-state index contributed by atoms with van der Waals surface area (Å²) in [4.78, 5) is 15.3. The van der Waals surface area contributed by atoms with Gasteiger partial charge in [0.2, 0.25) is 5.95 Å². The molecule has 3 heterocycles. The molecule has 144 valence electrons. The highest BCUT2D eigenvalue weighted by Gasteiger charge is 2.27. The number of hydrogen-bond acceptors (Lipinski definition) is 6. The Morgan fingerprint density at radius 3 is 3.00 bits per heavy atom. The third kappa shape index (κ3) is 3.53. The molecule has 3 aromatic rings. The number of nitriles is 1. The van der Waals surface area contributed by atoms with Crippen LogP contribution in [0.5, 0.6) is 0 Å². The van der Waals surface area contributed by atoms with E-state index in [2.05, 4.69) is 26.6 Å². The van der Waals surface area contributed by atoms with Crippen LogP contribution in [-0.2, 0) is 4.79 Å². The van der Waals surface area contributed by atoms with Crippen molar-refractivity contribution in [3.63, 3.8) is 0 Å². The van der Waals surface area contributed by atoms with E-state index in [0.717, 1.165) is 23.9 Å². The van der Waals surface area contributed by atoms with Gasteiger partial charge >= 0.3 is 5.97 Å². The topological polar surface area (TPSA) is 121 Å². The van der Waals surface area contributed by atoms with Gasteiger partial charge in [0.15, 0.2) is 0 Å². The van der Waals surface area contributed by atoms with Gasteiger partial charge in [0, 0.05) is 18.0 Å². The smallest absolute Gasteiger partial charge is 0.322 e. The number of carboxylic acid groups (broad SMARTS) is 1. The highest BCUT2D eigenvalue weighted by atomic mass is 16.4. The maximum atomic E-state index is 10.8. The molecule has 1 fully saturated rings. The van der Waals surface area contributed by atoms with Gasteiger partial charge < -0.3 is 10.4 Å². The maximum Gasteiger partial charge on any atom is 0.322 e. The van der Waals surface area contributed by atoms with Crippen molar-refractivity contribution in [2.75, 3.05) is 11.9 Å². The molecule has 2 N–H and O–H groups in total. The summed E-state index contributed by atoms with van der Waals surface area (Å²) in [5.41, 5.74) is 2.28. The van der Waals surface area contributed by atoms with E-state index < -0.39 is 5.97 Å². The number of fused-ring (bicyclic) bond motifs is 1. The minimum atomic E-state index is -0.985. The summed E-state index contributed by atoms with van der Waals surface area (Å²) in [6.45, 7) is -0.266. The van der Waals surface area contributed by atoms with Crippen molar-refractivity contribution in [2.24, 2.45) is 5.92 Å². The predicted octanol–water partition coefficient (Wildman–Crippen LogP) is 2.73. The van der Waals surface area contributed by atoms with E-state index in [1.807, 2.05) is 23.0 Å². The highest BCUT2D eigenvalue weighted by Crippen LogP contribution is 2.36. The molecule has 1 unspecified atom stereocenters. The van der Waals surface area contributed by atoms with Gasteiger partial charge in [-0.1, -0.05) is 12.8 Å². The molecule has 0 spiro atoms. The fourth-order valence-electron chi connectivity index (χ4n) is 3.93. The second kappa shape index (κ2) is 7.68. The highest BCUT2D eigenvalue weighted by molar-refractivity contribution is 5.77. The van der Waals surface area contributed by atoms with Crippen LogP contribution in [0.1, 0.15) is 38.1 Å². The lowest BCUT2D eigenvalue weighted by Gasteiger charge is -2.21.